The van der Waals surface area contributed by atoms with Gasteiger partial charge in [0.05, 0.1) is 11.9 Å². The number of halogens is 6. The number of benzene rings is 3. The standard InChI is InChI=1S/C27H18F6N2O2/c28-19-9-5-16(6-10-19)3-7-18-8-4-17(2-1-12-35-13-11-34-15-35)14-20(18)27(36)37-26-24(32)22(30)21(29)23(31)25(26)33/h1-2,4-6,8-11,13-15H,3,7,12H2. The molecule has 0 radical (unpaired) electrons. The second-order valence-corrected chi connectivity index (χ2v) is 7.99. The summed E-state index contributed by atoms with van der Waals surface area (Å²) in [6, 6.07) is 10.4. The zero-order valence-electron chi connectivity index (χ0n) is 19.0. The number of hydrogen-bond donors (Lipinski definition) is 0. The second-order valence-electron chi connectivity index (χ2n) is 7.99. The molecular formula is C27H18F6N2O2. The van der Waals surface area contributed by atoms with E-state index in [0.29, 0.717) is 24.1 Å². The van der Waals surface area contributed by atoms with Gasteiger partial charge in [-0.1, -0.05) is 36.4 Å². The Morgan fingerprint density at radius 1 is 0.865 bits per heavy atom. The summed E-state index contributed by atoms with van der Waals surface area (Å²) in [4.78, 5) is 16.9. The quantitative estimate of drug-likeness (QED) is 0.0891. The number of aryl methyl sites for hydroxylation is 2. The first-order valence-electron chi connectivity index (χ1n) is 11.0. The van der Waals surface area contributed by atoms with Gasteiger partial charge in [-0.3, -0.25) is 0 Å². The summed E-state index contributed by atoms with van der Waals surface area (Å²) in [5, 5.41) is 0. The van der Waals surface area contributed by atoms with Crippen LogP contribution in [0.3, 0.4) is 0 Å². The fourth-order valence-corrected chi connectivity index (χ4v) is 3.56. The predicted molar refractivity (Wildman–Crippen MR) is 123 cm³/mol. The second kappa shape index (κ2) is 11.2. The number of nitrogens with zero attached hydrogens (tertiary/aromatic N) is 2. The predicted octanol–water partition coefficient (Wildman–Crippen LogP) is 6.44. The average Bonchev–Trinajstić information content (AvgIpc) is 3.42. The summed E-state index contributed by atoms with van der Waals surface area (Å²) >= 11 is 0. The Hall–Kier alpha value is -4.34. The Morgan fingerprint density at radius 3 is 2.19 bits per heavy atom. The van der Waals surface area contributed by atoms with Gasteiger partial charge in [0.1, 0.15) is 5.82 Å². The number of rotatable bonds is 8. The Balaban J connectivity index is 1.64. The average molecular weight is 516 g/mol. The first kappa shape index (κ1) is 25.7. The van der Waals surface area contributed by atoms with Gasteiger partial charge in [-0.25, -0.2) is 27.3 Å². The normalized spacial score (nSPS) is 11.3. The summed E-state index contributed by atoms with van der Waals surface area (Å²) in [5.74, 6) is -14.7. The SMILES string of the molecule is O=C(Oc1c(F)c(F)c(F)c(F)c1F)c1cc(C=CCn2ccnc2)ccc1CCc1ccc(F)cc1. The smallest absolute Gasteiger partial charge is 0.344 e. The van der Waals surface area contributed by atoms with Gasteiger partial charge in [-0.05, 0) is 47.7 Å². The van der Waals surface area contributed by atoms with Crippen LogP contribution in [0.5, 0.6) is 5.75 Å². The van der Waals surface area contributed by atoms with Crippen LogP contribution < -0.4 is 4.74 Å². The Labute approximate surface area is 207 Å². The molecule has 10 heteroatoms. The molecule has 3 aromatic carbocycles. The van der Waals surface area contributed by atoms with E-state index in [4.69, 9.17) is 0 Å². The van der Waals surface area contributed by atoms with Crippen LogP contribution in [0.25, 0.3) is 6.08 Å². The molecule has 4 aromatic rings. The van der Waals surface area contributed by atoms with Crippen molar-refractivity contribution in [2.75, 3.05) is 0 Å². The first-order chi connectivity index (χ1) is 17.7. The summed E-state index contributed by atoms with van der Waals surface area (Å²) in [5.41, 5.74) is 1.54. The van der Waals surface area contributed by atoms with Crippen LogP contribution in [0.2, 0.25) is 0 Å². The van der Waals surface area contributed by atoms with E-state index in [0.717, 1.165) is 5.56 Å². The molecule has 0 aliphatic heterocycles. The number of esters is 1. The maximum absolute atomic E-state index is 14.1. The van der Waals surface area contributed by atoms with E-state index in [9.17, 15) is 31.1 Å². The number of allylic oxidation sites excluding steroid dienone is 1. The van der Waals surface area contributed by atoms with Crippen molar-refractivity contribution in [1.82, 2.24) is 9.55 Å². The fourth-order valence-electron chi connectivity index (χ4n) is 3.56. The number of carbonyl (C=O) groups is 1. The van der Waals surface area contributed by atoms with Crippen LogP contribution in [-0.2, 0) is 19.4 Å². The van der Waals surface area contributed by atoms with Gasteiger partial charge in [0.2, 0.25) is 34.8 Å². The molecule has 0 unspecified atom stereocenters. The van der Waals surface area contributed by atoms with E-state index < -0.39 is 46.6 Å². The first-order valence-corrected chi connectivity index (χ1v) is 11.0. The lowest BCUT2D eigenvalue weighted by molar-refractivity contribution is 0.0714. The van der Waals surface area contributed by atoms with Gasteiger partial charge in [-0.2, -0.15) is 8.78 Å². The van der Waals surface area contributed by atoms with Crippen molar-refractivity contribution in [3.05, 3.63) is 124 Å². The maximum Gasteiger partial charge on any atom is 0.344 e. The van der Waals surface area contributed by atoms with E-state index in [2.05, 4.69) is 9.72 Å². The van der Waals surface area contributed by atoms with E-state index in [-0.39, 0.29) is 12.0 Å². The van der Waals surface area contributed by atoms with Crippen LogP contribution in [-0.4, -0.2) is 15.5 Å². The number of imidazole rings is 1. The van der Waals surface area contributed by atoms with Gasteiger partial charge >= 0.3 is 5.97 Å². The highest BCUT2D eigenvalue weighted by Gasteiger charge is 2.29. The van der Waals surface area contributed by atoms with Gasteiger partial charge in [0, 0.05) is 18.9 Å². The van der Waals surface area contributed by atoms with Crippen LogP contribution >= 0.6 is 0 Å². The molecule has 0 amide bonds. The Bertz CT molecular complexity index is 1420. The molecule has 0 fully saturated rings. The Kier molecular flexibility index (Phi) is 7.76. The minimum Gasteiger partial charge on any atom is -0.416 e. The molecule has 4 rings (SSSR count). The van der Waals surface area contributed by atoms with Crippen molar-refractivity contribution in [1.29, 1.82) is 0 Å². The van der Waals surface area contributed by atoms with Crippen LogP contribution in [0, 0.1) is 34.9 Å². The molecule has 0 aliphatic rings. The van der Waals surface area contributed by atoms with Crippen LogP contribution in [0.15, 0.2) is 67.3 Å². The minimum atomic E-state index is -2.36. The minimum absolute atomic E-state index is 0.129. The van der Waals surface area contributed by atoms with E-state index in [1.165, 1.54) is 18.2 Å². The van der Waals surface area contributed by atoms with E-state index >= 15 is 0 Å². The maximum atomic E-state index is 14.1. The molecule has 4 nitrogen and oxygen atoms in total. The number of ether oxygens (including phenoxy) is 1. The molecule has 0 spiro atoms. The van der Waals surface area contributed by atoms with Gasteiger partial charge < -0.3 is 9.30 Å². The number of carbonyl (C=O) groups excluding carboxylic acids is 1. The highest BCUT2D eigenvalue weighted by Crippen LogP contribution is 2.30. The lowest BCUT2D eigenvalue weighted by atomic mass is 9.97. The van der Waals surface area contributed by atoms with Gasteiger partial charge in [-0.15, -0.1) is 0 Å². The third-order valence-electron chi connectivity index (χ3n) is 5.50. The highest BCUT2D eigenvalue weighted by atomic mass is 19.2. The lowest BCUT2D eigenvalue weighted by Crippen LogP contribution is -2.16. The van der Waals surface area contributed by atoms with Crippen molar-refractivity contribution in [2.45, 2.75) is 19.4 Å². The van der Waals surface area contributed by atoms with Crippen molar-refractivity contribution < 1.29 is 35.9 Å². The molecule has 0 N–H and O–H groups in total. The fraction of sp³-hybridized carbons (Fsp3) is 0.111. The molecule has 1 aromatic heterocycles. The van der Waals surface area contributed by atoms with Crippen LogP contribution in [0.1, 0.15) is 27.0 Å². The van der Waals surface area contributed by atoms with Crippen molar-refractivity contribution >= 4 is 12.0 Å². The molecule has 0 saturated heterocycles. The van der Waals surface area contributed by atoms with Crippen molar-refractivity contribution in [2.24, 2.45) is 0 Å². The third-order valence-corrected chi connectivity index (χ3v) is 5.50. The zero-order valence-corrected chi connectivity index (χ0v) is 19.0. The summed E-state index contributed by atoms with van der Waals surface area (Å²) in [6.07, 6.45) is 9.03. The summed E-state index contributed by atoms with van der Waals surface area (Å²) in [7, 11) is 0. The molecular weight excluding hydrogens is 498 g/mol. The zero-order chi connectivity index (χ0) is 26.5. The molecule has 1 heterocycles. The summed E-state index contributed by atoms with van der Waals surface area (Å²) in [6.45, 7) is 0.469. The Morgan fingerprint density at radius 2 is 1.54 bits per heavy atom. The highest BCUT2D eigenvalue weighted by molar-refractivity contribution is 5.93. The molecule has 0 aliphatic carbocycles. The molecule has 0 atom stereocenters. The van der Waals surface area contributed by atoms with Gasteiger partial charge in [0.15, 0.2) is 0 Å². The topological polar surface area (TPSA) is 44.1 Å². The van der Waals surface area contributed by atoms with Gasteiger partial charge in [0.25, 0.3) is 0 Å². The van der Waals surface area contributed by atoms with Crippen molar-refractivity contribution in [3.63, 3.8) is 0 Å². The molecule has 0 bridgehead atoms. The third kappa shape index (κ3) is 5.91. The van der Waals surface area contributed by atoms with Crippen LogP contribution in [0.4, 0.5) is 26.3 Å². The van der Waals surface area contributed by atoms with E-state index in [1.807, 2.05) is 0 Å². The molecule has 0 saturated carbocycles. The van der Waals surface area contributed by atoms with E-state index in [1.54, 1.807) is 59.7 Å². The molecule has 190 valence electrons. The molecule has 37 heavy (non-hydrogen) atoms. The number of aromatic nitrogens is 2. The largest absolute Gasteiger partial charge is 0.416 e. The number of hydrogen-bond acceptors (Lipinski definition) is 3. The lowest BCUT2D eigenvalue weighted by Gasteiger charge is -2.13. The van der Waals surface area contributed by atoms with Crippen molar-refractivity contribution in [3.8, 4) is 5.75 Å². The monoisotopic (exact) mass is 516 g/mol. The summed E-state index contributed by atoms with van der Waals surface area (Å²) < 4.78 is 88.5.